The van der Waals surface area contributed by atoms with E-state index in [0.29, 0.717) is 6.54 Å². The first-order valence-corrected chi connectivity index (χ1v) is 7.16. The number of hydrogen-bond donors (Lipinski definition) is 1. The van der Waals surface area contributed by atoms with Crippen molar-refractivity contribution in [2.75, 3.05) is 6.54 Å². The Hall–Kier alpha value is -1.40. The van der Waals surface area contributed by atoms with Gasteiger partial charge in [0.2, 0.25) is 0 Å². The first-order valence-electron chi connectivity index (χ1n) is 6.22. The third kappa shape index (κ3) is 3.02. The fraction of sp³-hybridized carbons (Fsp3) is 0.357. The van der Waals surface area contributed by atoms with Gasteiger partial charge in [0.05, 0.1) is 11.6 Å². The standard InChI is InChI=1S/C14H15F3N2S/c1-3-19-13(11-8-20-7-9(11)2)10-6-18-5-4-12(10)14(15,16)17/h4-8,13,19H,3H2,1-2H3. The van der Waals surface area contributed by atoms with Gasteiger partial charge >= 0.3 is 6.18 Å². The number of rotatable bonds is 4. The summed E-state index contributed by atoms with van der Waals surface area (Å²) in [4.78, 5) is 3.86. The van der Waals surface area contributed by atoms with Crippen LogP contribution < -0.4 is 5.32 Å². The van der Waals surface area contributed by atoms with E-state index in [9.17, 15) is 13.2 Å². The zero-order valence-corrected chi connectivity index (χ0v) is 12.0. The van der Waals surface area contributed by atoms with E-state index in [-0.39, 0.29) is 5.56 Å². The fourth-order valence-corrected chi connectivity index (χ4v) is 3.03. The number of pyridine rings is 1. The van der Waals surface area contributed by atoms with Crippen molar-refractivity contribution in [2.45, 2.75) is 26.1 Å². The molecule has 1 unspecified atom stereocenters. The maximum absolute atomic E-state index is 13.1. The predicted molar refractivity (Wildman–Crippen MR) is 73.8 cm³/mol. The highest BCUT2D eigenvalue weighted by Crippen LogP contribution is 2.37. The van der Waals surface area contributed by atoms with E-state index in [1.54, 1.807) is 0 Å². The van der Waals surface area contributed by atoms with E-state index < -0.39 is 17.8 Å². The average molecular weight is 300 g/mol. The zero-order valence-electron chi connectivity index (χ0n) is 11.2. The van der Waals surface area contributed by atoms with E-state index in [1.165, 1.54) is 23.7 Å². The highest BCUT2D eigenvalue weighted by Gasteiger charge is 2.35. The Morgan fingerprint density at radius 1 is 1.30 bits per heavy atom. The number of aryl methyl sites for hydroxylation is 1. The lowest BCUT2D eigenvalue weighted by Gasteiger charge is -2.22. The lowest BCUT2D eigenvalue weighted by molar-refractivity contribution is -0.138. The maximum Gasteiger partial charge on any atom is 0.416 e. The summed E-state index contributed by atoms with van der Waals surface area (Å²) < 4.78 is 39.4. The number of nitrogens with one attached hydrogen (secondary N) is 1. The Morgan fingerprint density at radius 2 is 2.05 bits per heavy atom. The molecule has 0 aromatic carbocycles. The molecule has 108 valence electrons. The molecule has 0 radical (unpaired) electrons. The fourth-order valence-electron chi connectivity index (χ4n) is 2.15. The summed E-state index contributed by atoms with van der Waals surface area (Å²) in [7, 11) is 0. The van der Waals surface area contributed by atoms with Crippen LogP contribution in [0, 0.1) is 6.92 Å². The second-order valence-electron chi connectivity index (χ2n) is 4.46. The number of halogens is 3. The number of aromatic nitrogens is 1. The van der Waals surface area contributed by atoms with Gasteiger partial charge in [-0.3, -0.25) is 4.98 Å². The molecule has 0 spiro atoms. The molecule has 0 fully saturated rings. The van der Waals surface area contributed by atoms with Crippen molar-refractivity contribution in [3.8, 4) is 0 Å². The highest BCUT2D eigenvalue weighted by molar-refractivity contribution is 7.08. The third-order valence-electron chi connectivity index (χ3n) is 3.08. The Morgan fingerprint density at radius 3 is 2.60 bits per heavy atom. The van der Waals surface area contributed by atoms with Gasteiger partial charge in [-0.2, -0.15) is 24.5 Å². The van der Waals surface area contributed by atoms with Gasteiger partial charge in [0.1, 0.15) is 0 Å². The lowest BCUT2D eigenvalue weighted by Crippen LogP contribution is -2.25. The summed E-state index contributed by atoms with van der Waals surface area (Å²) >= 11 is 1.49. The minimum Gasteiger partial charge on any atom is -0.306 e. The van der Waals surface area contributed by atoms with Crippen LogP contribution in [-0.2, 0) is 6.18 Å². The zero-order chi connectivity index (χ0) is 14.8. The molecule has 0 aliphatic carbocycles. The molecule has 0 bridgehead atoms. The summed E-state index contributed by atoms with van der Waals surface area (Å²) in [5.41, 5.74) is 1.39. The Kier molecular flexibility index (Phi) is 4.45. The van der Waals surface area contributed by atoms with Crippen LogP contribution in [0.2, 0.25) is 0 Å². The van der Waals surface area contributed by atoms with Crippen LogP contribution in [-0.4, -0.2) is 11.5 Å². The van der Waals surface area contributed by atoms with Gasteiger partial charge in [-0.25, -0.2) is 0 Å². The van der Waals surface area contributed by atoms with Gasteiger partial charge in [0.15, 0.2) is 0 Å². The van der Waals surface area contributed by atoms with Crippen LogP contribution >= 0.6 is 11.3 Å². The van der Waals surface area contributed by atoms with Gasteiger partial charge in [-0.05, 0) is 41.4 Å². The Labute approximate surface area is 119 Å². The smallest absolute Gasteiger partial charge is 0.306 e. The summed E-state index contributed by atoms with van der Waals surface area (Å²) in [6.45, 7) is 4.35. The van der Waals surface area contributed by atoms with E-state index in [1.807, 2.05) is 24.6 Å². The molecule has 1 N–H and O–H groups in total. The van der Waals surface area contributed by atoms with Crippen LogP contribution in [0.3, 0.4) is 0 Å². The van der Waals surface area contributed by atoms with Crippen molar-refractivity contribution in [2.24, 2.45) is 0 Å². The van der Waals surface area contributed by atoms with Gasteiger partial charge < -0.3 is 5.32 Å². The first-order chi connectivity index (χ1) is 9.45. The molecule has 2 rings (SSSR count). The Balaban J connectivity index is 2.54. The topological polar surface area (TPSA) is 24.9 Å². The van der Waals surface area contributed by atoms with Crippen molar-refractivity contribution in [3.63, 3.8) is 0 Å². The number of hydrogen-bond acceptors (Lipinski definition) is 3. The molecular formula is C14H15F3N2S. The molecule has 2 aromatic heterocycles. The van der Waals surface area contributed by atoms with Gasteiger partial charge in [0.25, 0.3) is 0 Å². The predicted octanol–water partition coefficient (Wildman–Crippen LogP) is 4.17. The molecule has 0 aliphatic heterocycles. The molecule has 0 saturated heterocycles. The number of alkyl halides is 3. The van der Waals surface area contributed by atoms with Crippen molar-refractivity contribution < 1.29 is 13.2 Å². The van der Waals surface area contributed by atoms with Crippen molar-refractivity contribution in [1.82, 2.24) is 10.3 Å². The number of thiophene rings is 1. The molecule has 1 atom stereocenters. The van der Waals surface area contributed by atoms with Crippen LogP contribution in [0.5, 0.6) is 0 Å². The molecular weight excluding hydrogens is 285 g/mol. The highest BCUT2D eigenvalue weighted by atomic mass is 32.1. The van der Waals surface area contributed by atoms with Crippen LogP contribution in [0.4, 0.5) is 13.2 Å². The molecule has 6 heteroatoms. The second kappa shape index (κ2) is 5.93. The van der Waals surface area contributed by atoms with Crippen molar-refractivity contribution in [3.05, 3.63) is 51.5 Å². The van der Waals surface area contributed by atoms with E-state index in [2.05, 4.69) is 10.3 Å². The molecule has 0 amide bonds. The lowest BCUT2D eigenvalue weighted by atomic mass is 9.95. The molecule has 20 heavy (non-hydrogen) atoms. The largest absolute Gasteiger partial charge is 0.416 e. The van der Waals surface area contributed by atoms with Crippen LogP contribution in [0.25, 0.3) is 0 Å². The maximum atomic E-state index is 13.1. The Bertz CT molecular complexity index is 578. The summed E-state index contributed by atoms with van der Waals surface area (Å²) in [5.74, 6) is 0. The summed E-state index contributed by atoms with van der Waals surface area (Å²) in [5, 5.41) is 6.94. The van der Waals surface area contributed by atoms with Crippen molar-refractivity contribution in [1.29, 1.82) is 0 Å². The minimum atomic E-state index is -4.38. The third-order valence-corrected chi connectivity index (χ3v) is 3.96. The van der Waals surface area contributed by atoms with Gasteiger partial charge in [0, 0.05) is 18.0 Å². The molecule has 2 aromatic rings. The quantitative estimate of drug-likeness (QED) is 0.916. The monoisotopic (exact) mass is 300 g/mol. The van der Waals surface area contributed by atoms with Crippen LogP contribution in [0.15, 0.2) is 29.2 Å². The molecule has 0 aliphatic rings. The normalized spacial score (nSPS) is 13.4. The molecule has 0 saturated carbocycles. The van der Waals surface area contributed by atoms with Gasteiger partial charge in [-0.15, -0.1) is 0 Å². The summed E-state index contributed by atoms with van der Waals surface area (Å²) in [6.07, 6.45) is -1.90. The average Bonchev–Trinajstić information content (AvgIpc) is 2.81. The van der Waals surface area contributed by atoms with Crippen LogP contribution in [0.1, 0.15) is 35.2 Å². The SMILES string of the molecule is CCNC(c1cscc1C)c1cnccc1C(F)(F)F. The van der Waals surface area contributed by atoms with E-state index in [4.69, 9.17) is 0 Å². The minimum absolute atomic E-state index is 0.170. The second-order valence-corrected chi connectivity index (χ2v) is 5.21. The summed E-state index contributed by atoms with van der Waals surface area (Å²) in [6, 6.07) is 0.540. The van der Waals surface area contributed by atoms with Crippen molar-refractivity contribution >= 4 is 11.3 Å². The molecule has 2 heterocycles. The number of nitrogens with zero attached hydrogens (tertiary/aromatic N) is 1. The first kappa shape index (κ1) is 15.0. The van der Waals surface area contributed by atoms with E-state index in [0.717, 1.165) is 17.2 Å². The molecule has 2 nitrogen and oxygen atoms in total. The van der Waals surface area contributed by atoms with Gasteiger partial charge in [-0.1, -0.05) is 6.92 Å². The van der Waals surface area contributed by atoms with E-state index >= 15 is 0 Å².